The van der Waals surface area contributed by atoms with Crippen molar-refractivity contribution in [3.63, 3.8) is 0 Å². The lowest BCUT2D eigenvalue weighted by Gasteiger charge is -1.98. The van der Waals surface area contributed by atoms with Crippen LogP contribution in [0.25, 0.3) is 0 Å². The molecule has 0 radical (unpaired) electrons. The molecule has 0 saturated heterocycles. The molecule has 0 aromatic heterocycles. The lowest BCUT2D eigenvalue weighted by atomic mass is 10.4. The molecule has 3 nitrogen and oxygen atoms in total. The minimum atomic E-state index is 0.426. The fourth-order valence-electron chi connectivity index (χ4n) is 0.450. The van der Waals surface area contributed by atoms with Crippen LogP contribution in [-0.4, -0.2) is 19.2 Å². The van der Waals surface area contributed by atoms with Gasteiger partial charge in [-0.25, -0.2) is 4.99 Å². The monoisotopic (exact) mass is 153 g/mol. The van der Waals surface area contributed by atoms with Gasteiger partial charge in [-0.15, -0.1) is 0 Å². The summed E-state index contributed by atoms with van der Waals surface area (Å²) in [7, 11) is 0. The van der Waals surface area contributed by atoms with E-state index in [4.69, 9.17) is 0 Å². The van der Waals surface area contributed by atoms with E-state index in [0.29, 0.717) is 6.67 Å². The molecule has 0 bridgehead atoms. The summed E-state index contributed by atoms with van der Waals surface area (Å²) in [6.45, 7) is 9.69. The van der Waals surface area contributed by atoms with E-state index >= 15 is 0 Å². The second kappa shape index (κ2) is 5.65. The van der Waals surface area contributed by atoms with Crippen molar-refractivity contribution in [3.8, 4) is 0 Å². The van der Waals surface area contributed by atoms with Gasteiger partial charge in [-0.05, 0) is 27.5 Å². The van der Waals surface area contributed by atoms with Crippen molar-refractivity contribution in [2.45, 2.75) is 20.8 Å². The minimum absolute atomic E-state index is 0.426. The van der Waals surface area contributed by atoms with Crippen molar-refractivity contribution in [2.24, 2.45) is 9.98 Å². The van der Waals surface area contributed by atoms with Gasteiger partial charge in [-0.1, -0.05) is 5.57 Å². The molecule has 0 spiro atoms. The quantitative estimate of drug-likeness (QED) is 0.485. The Hall–Kier alpha value is -1.12. The number of amidine groups is 1. The molecular formula is C8H15N3. The molecule has 0 aliphatic rings. The highest BCUT2D eigenvalue weighted by atomic mass is 15.0. The van der Waals surface area contributed by atoms with Gasteiger partial charge in [0.15, 0.2) is 0 Å². The lowest BCUT2D eigenvalue weighted by molar-refractivity contribution is 1.04. The predicted octanol–water partition coefficient (Wildman–Crippen LogP) is 1.58. The van der Waals surface area contributed by atoms with Crippen LogP contribution < -0.4 is 5.32 Å². The van der Waals surface area contributed by atoms with E-state index in [1.54, 1.807) is 0 Å². The summed E-state index contributed by atoms with van der Waals surface area (Å²) in [5.41, 5.74) is 1.21. The normalized spacial score (nSPS) is 10.6. The summed E-state index contributed by atoms with van der Waals surface area (Å²) in [5, 5.41) is 3.02. The van der Waals surface area contributed by atoms with Gasteiger partial charge in [0, 0.05) is 6.20 Å². The zero-order valence-corrected chi connectivity index (χ0v) is 7.39. The van der Waals surface area contributed by atoms with E-state index in [0.717, 1.165) is 5.84 Å². The van der Waals surface area contributed by atoms with Crippen molar-refractivity contribution < 1.29 is 0 Å². The maximum atomic E-state index is 4.05. The first-order chi connectivity index (χ1) is 5.16. The summed E-state index contributed by atoms with van der Waals surface area (Å²) in [6.07, 6.45) is 1.90. The summed E-state index contributed by atoms with van der Waals surface area (Å²) in [4.78, 5) is 7.65. The average molecular weight is 153 g/mol. The summed E-state index contributed by atoms with van der Waals surface area (Å²) >= 11 is 0. The second-order valence-corrected chi connectivity index (χ2v) is 2.47. The fourth-order valence-corrected chi connectivity index (χ4v) is 0.450. The van der Waals surface area contributed by atoms with E-state index in [2.05, 4.69) is 22.0 Å². The Morgan fingerprint density at radius 3 is 2.55 bits per heavy atom. The Kier molecular flexibility index (Phi) is 5.07. The van der Waals surface area contributed by atoms with Gasteiger partial charge in [0.2, 0.25) is 0 Å². The Bertz CT molecular complexity index is 176. The first-order valence-corrected chi connectivity index (χ1v) is 3.50. The molecule has 3 heteroatoms. The van der Waals surface area contributed by atoms with Crippen LogP contribution in [0.4, 0.5) is 0 Å². The highest BCUT2D eigenvalue weighted by Crippen LogP contribution is 1.84. The van der Waals surface area contributed by atoms with Crippen molar-refractivity contribution in [2.75, 3.05) is 6.67 Å². The molecule has 0 rings (SSSR count). The van der Waals surface area contributed by atoms with Crippen LogP contribution in [0.3, 0.4) is 0 Å². The van der Waals surface area contributed by atoms with Gasteiger partial charge in [-0.3, -0.25) is 4.99 Å². The fraction of sp³-hybridized carbons (Fsp3) is 0.500. The van der Waals surface area contributed by atoms with Crippen LogP contribution in [0.2, 0.25) is 0 Å². The van der Waals surface area contributed by atoms with Crippen LogP contribution in [0.5, 0.6) is 0 Å². The molecule has 0 fully saturated rings. The van der Waals surface area contributed by atoms with Crippen LogP contribution in [-0.2, 0) is 0 Å². The summed E-state index contributed by atoms with van der Waals surface area (Å²) in [6, 6.07) is 0. The Morgan fingerprint density at radius 1 is 1.45 bits per heavy atom. The molecule has 0 atom stereocenters. The van der Waals surface area contributed by atoms with Crippen LogP contribution >= 0.6 is 0 Å². The molecule has 0 aliphatic carbocycles. The SMILES string of the molecule is C=NC/N=C(/C)NC=C(C)C. The molecule has 1 N–H and O–H groups in total. The van der Waals surface area contributed by atoms with Crippen molar-refractivity contribution >= 4 is 12.6 Å². The summed E-state index contributed by atoms with van der Waals surface area (Å²) in [5.74, 6) is 0.860. The average Bonchev–Trinajstić information content (AvgIpc) is 1.97. The molecule has 0 aromatic carbocycles. The van der Waals surface area contributed by atoms with Gasteiger partial charge in [0.05, 0.1) is 5.84 Å². The largest absolute Gasteiger partial charge is 0.351 e. The number of allylic oxidation sites excluding steroid dienone is 1. The first kappa shape index (κ1) is 9.88. The highest BCUT2D eigenvalue weighted by molar-refractivity contribution is 5.80. The third-order valence-electron chi connectivity index (χ3n) is 0.978. The van der Waals surface area contributed by atoms with Crippen LogP contribution in [0.15, 0.2) is 21.8 Å². The van der Waals surface area contributed by atoms with E-state index < -0.39 is 0 Å². The first-order valence-electron chi connectivity index (χ1n) is 3.50. The minimum Gasteiger partial charge on any atom is -0.351 e. The van der Waals surface area contributed by atoms with E-state index in [1.807, 2.05) is 27.0 Å². The number of nitrogens with one attached hydrogen (secondary N) is 1. The maximum absolute atomic E-state index is 4.05. The van der Waals surface area contributed by atoms with Crippen molar-refractivity contribution in [1.82, 2.24) is 5.32 Å². The number of nitrogens with zero attached hydrogens (tertiary/aromatic N) is 2. The molecule has 0 aromatic rings. The molecule has 0 heterocycles. The van der Waals surface area contributed by atoms with Gasteiger partial charge in [-0.2, -0.15) is 0 Å². The van der Waals surface area contributed by atoms with Gasteiger partial charge >= 0.3 is 0 Å². The second-order valence-electron chi connectivity index (χ2n) is 2.47. The van der Waals surface area contributed by atoms with Gasteiger partial charge in [0.25, 0.3) is 0 Å². The van der Waals surface area contributed by atoms with Crippen molar-refractivity contribution in [3.05, 3.63) is 11.8 Å². The van der Waals surface area contributed by atoms with Gasteiger partial charge < -0.3 is 5.32 Å². The molecular weight excluding hydrogens is 138 g/mol. The third kappa shape index (κ3) is 6.77. The number of aliphatic imine (C=N–C) groups is 2. The third-order valence-corrected chi connectivity index (χ3v) is 0.978. The molecule has 11 heavy (non-hydrogen) atoms. The molecule has 0 amide bonds. The smallest absolute Gasteiger partial charge is 0.130 e. The Morgan fingerprint density at radius 2 is 2.09 bits per heavy atom. The molecule has 0 saturated carbocycles. The van der Waals surface area contributed by atoms with Crippen LogP contribution in [0.1, 0.15) is 20.8 Å². The maximum Gasteiger partial charge on any atom is 0.130 e. The number of rotatable bonds is 3. The highest BCUT2D eigenvalue weighted by Gasteiger charge is 1.82. The van der Waals surface area contributed by atoms with Gasteiger partial charge in [0.1, 0.15) is 6.67 Å². The zero-order valence-electron chi connectivity index (χ0n) is 7.39. The molecule has 62 valence electrons. The van der Waals surface area contributed by atoms with E-state index in [9.17, 15) is 0 Å². The topological polar surface area (TPSA) is 36.8 Å². The molecule has 0 aliphatic heterocycles. The number of hydrogen-bond acceptors (Lipinski definition) is 2. The Labute approximate surface area is 67.9 Å². The lowest BCUT2D eigenvalue weighted by Crippen LogP contribution is -2.13. The van der Waals surface area contributed by atoms with Crippen molar-refractivity contribution in [1.29, 1.82) is 0 Å². The standard InChI is InChI=1S/C8H15N3/c1-7(2)5-10-8(3)11-6-9-4/h5H,4,6H2,1-3H3,(H,10,11). The Balaban J connectivity index is 3.76. The van der Waals surface area contributed by atoms with E-state index in [1.165, 1.54) is 5.57 Å². The van der Waals surface area contributed by atoms with Crippen LogP contribution in [0, 0.1) is 0 Å². The molecule has 0 unspecified atom stereocenters. The summed E-state index contributed by atoms with van der Waals surface area (Å²) < 4.78 is 0. The number of hydrogen-bond donors (Lipinski definition) is 1. The van der Waals surface area contributed by atoms with E-state index in [-0.39, 0.29) is 0 Å². The zero-order chi connectivity index (χ0) is 8.69. The predicted molar refractivity (Wildman–Crippen MR) is 50.1 cm³/mol.